The molecule has 0 aliphatic carbocycles. The van der Waals surface area contributed by atoms with Gasteiger partial charge in [-0.05, 0) is 25.1 Å². The molecular formula is C8H17NO2S. The second-order valence-corrected chi connectivity index (χ2v) is 3.16. The number of nitrogens with one attached hydrogen (secondary N) is 1. The summed E-state index contributed by atoms with van der Waals surface area (Å²) in [5.41, 5.74) is 0. The highest BCUT2D eigenvalue weighted by Crippen LogP contribution is 1.95. The molecule has 0 bridgehead atoms. The molecule has 1 atom stereocenters. The summed E-state index contributed by atoms with van der Waals surface area (Å²) in [6, 6.07) is -0.422. The molecule has 12 heavy (non-hydrogen) atoms. The Labute approximate surface area is 79.0 Å². The number of rotatable bonds is 7. The number of hydrogen-bond acceptors (Lipinski definition) is 3. The molecule has 2 N–H and O–H groups in total. The fourth-order valence-electron chi connectivity index (χ4n) is 0.895. The molecule has 0 rings (SSSR count). The van der Waals surface area contributed by atoms with Crippen molar-refractivity contribution in [2.24, 2.45) is 0 Å². The first-order valence-corrected chi connectivity index (χ1v) is 4.92. The van der Waals surface area contributed by atoms with Gasteiger partial charge in [0.25, 0.3) is 0 Å². The van der Waals surface area contributed by atoms with E-state index in [2.05, 4.69) is 24.9 Å². The average Bonchev–Trinajstić information content (AvgIpc) is 2.03. The third-order valence-corrected chi connectivity index (χ3v) is 1.90. The van der Waals surface area contributed by atoms with Crippen LogP contribution in [0.15, 0.2) is 0 Å². The summed E-state index contributed by atoms with van der Waals surface area (Å²) in [5.74, 6) is -0.170. The lowest BCUT2D eigenvalue weighted by atomic mass is 10.2. The summed E-state index contributed by atoms with van der Waals surface area (Å²) < 4.78 is 0. The Morgan fingerprint density at radius 3 is 2.75 bits per heavy atom. The maximum Gasteiger partial charge on any atom is 0.320 e. The summed E-state index contributed by atoms with van der Waals surface area (Å²) in [4.78, 5) is 10.6. The normalized spacial score (nSPS) is 12.8. The minimum Gasteiger partial charge on any atom is -0.480 e. The van der Waals surface area contributed by atoms with E-state index >= 15 is 0 Å². The van der Waals surface area contributed by atoms with Gasteiger partial charge in [-0.15, -0.1) is 0 Å². The Morgan fingerprint density at radius 1 is 1.67 bits per heavy atom. The monoisotopic (exact) mass is 191 g/mol. The van der Waals surface area contributed by atoms with Crippen LogP contribution in [0.2, 0.25) is 0 Å². The van der Waals surface area contributed by atoms with Crippen LogP contribution in [-0.4, -0.2) is 29.4 Å². The van der Waals surface area contributed by atoms with Gasteiger partial charge in [-0.25, -0.2) is 0 Å². The van der Waals surface area contributed by atoms with Crippen LogP contribution in [0, 0.1) is 0 Å². The Balaban J connectivity index is 3.56. The van der Waals surface area contributed by atoms with Gasteiger partial charge in [0.2, 0.25) is 0 Å². The van der Waals surface area contributed by atoms with Crippen molar-refractivity contribution in [3.63, 3.8) is 0 Å². The Kier molecular flexibility index (Phi) is 7.29. The van der Waals surface area contributed by atoms with Crippen molar-refractivity contribution in [3.8, 4) is 0 Å². The lowest BCUT2D eigenvalue weighted by Gasteiger charge is -2.12. The standard InChI is InChI=1S/C8H17NO2S/c1-2-3-5-9-7(4-6-12)8(10)11/h7,9,12H,2-6H2,1H3,(H,10,11). The first-order valence-electron chi connectivity index (χ1n) is 4.29. The number of aliphatic carboxylic acids is 1. The summed E-state index contributed by atoms with van der Waals surface area (Å²) in [6.07, 6.45) is 2.69. The van der Waals surface area contributed by atoms with Gasteiger partial charge < -0.3 is 10.4 Å². The fourth-order valence-corrected chi connectivity index (χ4v) is 1.15. The van der Waals surface area contributed by atoms with Crippen molar-refractivity contribution in [3.05, 3.63) is 0 Å². The van der Waals surface area contributed by atoms with Crippen molar-refractivity contribution < 1.29 is 9.90 Å². The highest BCUT2D eigenvalue weighted by atomic mass is 32.1. The molecule has 72 valence electrons. The molecule has 0 saturated heterocycles. The van der Waals surface area contributed by atoms with E-state index in [0.717, 1.165) is 19.4 Å². The molecule has 0 aromatic rings. The van der Waals surface area contributed by atoms with Gasteiger partial charge in [0.05, 0.1) is 0 Å². The first-order chi connectivity index (χ1) is 5.72. The van der Waals surface area contributed by atoms with E-state index in [0.29, 0.717) is 12.2 Å². The van der Waals surface area contributed by atoms with Gasteiger partial charge in [0, 0.05) is 0 Å². The van der Waals surface area contributed by atoms with Gasteiger partial charge in [0.15, 0.2) is 0 Å². The van der Waals surface area contributed by atoms with Gasteiger partial charge in [-0.1, -0.05) is 13.3 Å². The summed E-state index contributed by atoms with van der Waals surface area (Å²) >= 11 is 4.00. The van der Waals surface area contributed by atoms with E-state index in [1.807, 2.05) is 0 Å². The second-order valence-electron chi connectivity index (χ2n) is 2.71. The van der Waals surface area contributed by atoms with E-state index in [4.69, 9.17) is 5.11 Å². The van der Waals surface area contributed by atoms with Crippen LogP contribution < -0.4 is 5.32 Å². The molecule has 0 aromatic heterocycles. The zero-order valence-corrected chi connectivity index (χ0v) is 8.31. The molecule has 4 heteroatoms. The van der Waals surface area contributed by atoms with Crippen LogP contribution in [0.5, 0.6) is 0 Å². The second kappa shape index (κ2) is 7.43. The topological polar surface area (TPSA) is 49.3 Å². The molecular weight excluding hydrogens is 174 g/mol. The molecule has 0 spiro atoms. The van der Waals surface area contributed by atoms with Crippen molar-refractivity contribution in [1.82, 2.24) is 5.32 Å². The number of hydrogen-bond donors (Lipinski definition) is 3. The van der Waals surface area contributed by atoms with Crippen LogP contribution in [0.4, 0.5) is 0 Å². The zero-order valence-electron chi connectivity index (χ0n) is 7.42. The van der Waals surface area contributed by atoms with E-state index in [1.165, 1.54) is 0 Å². The van der Waals surface area contributed by atoms with Gasteiger partial charge in [-0.3, -0.25) is 4.79 Å². The number of carboxylic acids is 1. The molecule has 1 unspecified atom stereocenters. The molecule has 0 fully saturated rings. The summed E-state index contributed by atoms with van der Waals surface area (Å²) in [7, 11) is 0. The summed E-state index contributed by atoms with van der Waals surface area (Å²) in [6.45, 7) is 2.86. The van der Waals surface area contributed by atoms with E-state index in [9.17, 15) is 4.79 Å². The largest absolute Gasteiger partial charge is 0.480 e. The molecule has 0 aliphatic rings. The zero-order chi connectivity index (χ0) is 9.40. The minimum absolute atomic E-state index is 0.422. The van der Waals surface area contributed by atoms with Crippen LogP contribution in [0.3, 0.4) is 0 Å². The molecule has 0 aromatic carbocycles. The maximum absolute atomic E-state index is 10.6. The highest BCUT2D eigenvalue weighted by Gasteiger charge is 2.14. The lowest BCUT2D eigenvalue weighted by Crippen LogP contribution is -2.37. The number of unbranched alkanes of at least 4 members (excludes halogenated alkanes) is 1. The third kappa shape index (κ3) is 5.43. The molecule has 0 aliphatic heterocycles. The molecule has 0 heterocycles. The van der Waals surface area contributed by atoms with Gasteiger partial charge in [-0.2, -0.15) is 12.6 Å². The van der Waals surface area contributed by atoms with Gasteiger partial charge in [0.1, 0.15) is 6.04 Å². The summed E-state index contributed by atoms with van der Waals surface area (Å²) in [5, 5.41) is 11.7. The van der Waals surface area contributed by atoms with Crippen molar-refractivity contribution in [2.45, 2.75) is 32.2 Å². The van der Waals surface area contributed by atoms with E-state index in [-0.39, 0.29) is 0 Å². The lowest BCUT2D eigenvalue weighted by molar-refractivity contribution is -0.139. The SMILES string of the molecule is CCCCNC(CCS)C(=O)O. The van der Waals surface area contributed by atoms with Crippen LogP contribution >= 0.6 is 12.6 Å². The fraction of sp³-hybridized carbons (Fsp3) is 0.875. The molecule has 0 amide bonds. The smallest absolute Gasteiger partial charge is 0.320 e. The third-order valence-electron chi connectivity index (χ3n) is 1.64. The first kappa shape index (κ1) is 11.8. The Morgan fingerprint density at radius 2 is 2.33 bits per heavy atom. The Bertz CT molecular complexity index is 130. The number of thiol groups is 1. The van der Waals surface area contributed by atoms with Crippen molar-refractivity contribution >= 4 is 18.6 Å². The molecule has 0 saturated carbocycles. The number of carboxylic acid groups (broad SMARTS) is 1. The highest BCUT2D eigenvalue weighted by molar-refractivity contribution is 7.80. The molecule has 3 nitrogen and oxygen atoms in total. The minimum atomic E-state index is -0.778. The van der Waals surface area contributed by atoms with Crippen LogP contribution in [0.25, 0.3) is 0 Å². The quantitative estimate of drug-likeness (QED) is 0.418. The van der Waals surface area contributed by atoms with Crippen molar-refractivity contribution in [2.75, 3.05) is 12.3 Å². The Hall–Kier alpha value is -0.220. The van der Waals surface area contributed by atoms with Gasteiger partial charge >= 0.3 is 5.97 Å². The average molecular weight is 191 g/mol. The number of carbonyl (C=O) groups is 1. The van der Waals surface area contributed by atoms with Crippen LogP contribution in [0.1, 0.15) is 26.2 Å². The van der Waals surface area contributed by atoms with Crippen molar-refractivity contribution in [1.29, 1.82) is 0 Å². The van der Waals surface area contributed by atoms with Crippen LogP contribution in [-0.2, 0) is 4.79 Å². The predicted octanol–water partition coefficient (Wildman–Crippen LogP) is 1.15. The molecule has 0 radical (unpaired) electrons. The maximum atomic E-state index is 10.6. The van der Waals surface area contributed by atoms with E-state index < -0.39 is 12.0 Å². The predicted molar refractivity (Wildman–Crippen MR) is 52.8 cm³/mol. The van der Waals surface area contributed by atoms with E-state index in [1.54, 1.807) is 0 Å².